The number of aromatic nitrogens is 4. The second-order valence-corrected chi connectivity index (χ2v) is 6.69. The monoisotopic (exact) mass is 387 g/mol. The van der Waals surface area contributed by atoms with Crippen LogP contribution < -0.4 is 10.1 Å². The van der Waals surface area contributed by atoms with Crippen LogP contribution in [-0.2, 0) is 19.6 Å². The Bertz CT molecular complexity index is 800. The Morgan fingerprint density at radius 2 is 2.08 bits per heavy atom. The highest BCUT2D eigenvalue weighted by atomic mass is 79.9. The van der Waals surface area contributed by atoms with Gasteiger partial charge in [-0.05, 0) is 24.3 Å². The van der Waals surface area contributed by atoms with Gasteiger partial charge in [0.2, 0.25) is 5.88 Å². The minimum absolute atomic E-state index is 0.715. The summed E-state index contributed by atoms with van der Waals surface area (Å²) >= 11 is 3.44. The van der Waals surface area contributed by atoms with Gasteiger partial charge < -0.3 is 10.1 Å². The van der Waals surface area contributed by atoms with Gasteiger partial charge in [0.1, 0.15) is 0 Å². The van der Waals surface area contributed by atoms with Crippen LogP contribution in [0.5, 0.6) is 5.88 Å². The summed E-state index contributed by atoms with van der Waals surface area (Å²) in [7, 11) is 0. The summed E-state index contributed by atoms with van der Waals surface area (Å²) in [4.78, 5) is 0. The maximum absolute atomic E-state index is 5.59. The average molecular weight is 388 g/mol. The molecule has 1 aliphatic heterocycles. The summed E-state index contributed by atoms with van der Waals surface area (Å²) in [6.07, 6.45) is 4.95. The van der Waals surface area contributed by atoms with E-state index >= 15 is 0 Å². The molecule has 24 heavy (non-hydrogen) atoms. The van der Waals surface area contributed by atoms with Crippen LogP contribution in [-0.4, -0.2) is 26.2 Å². The predicted molar refractivity (Wildman–Crippen MR) is 94.1 cm³/mol. The zero-order valence-electron chi connectivity index (χ0n) is 13.2. The number of nitrogens with one attached hydrogen (secondary N) is 1. The second kappa shape index (κ2) is 6.78. The molecule has 3 aromatic rings. The van der Waals surface area contributed by atoms with E-state index in [-0.39, 0.29) is 0 Å². The molecule has 0 radical (unpaired) electrons. The van der Waals surface area contributed by atoms with E-state index in [9.17, 15) is 0 Å². The Morgan fingerprint density at radius 1 is 1.21 bits per heavy atom. The van der Waals surface area contributed by atoms with Crippen molar-refractivity contribution in [3.8, 4) is 11.6 Å². The smallest absolute Gasteiger partial charge is 0.212 e. The fourth-order valence-corrected chi connectivity index (χ4v) is 2.99. The second-order valence-electron chi connectivity index (χ2n) is 5.77. The summed E-state index contributed by atoms with van der Waals surface area (Å²) in [5, 5.41) is 12.4. The standard InChI is InChI=1S/C17H18BrN5O/c18-14-2-4-16(5-3-14)23-12-13(10-20-23)9-19-11-15-8-17-22(21-15)6-1-7-24-17/h2-5,8,10,12,19H,1,6-7,9,11H2. The van der Waals surface area contributed by atoms with Gasteiger partial charge in [0.25, 0.3) is 0 Å². The number of ether oxygens (including phenoxy) is 1. The summed E-state index contributed by atoms with van der Waals surface area (Å²) in [5.74, 6) is 0.876. The Labute approximate surface area is 148 Å². The molecule has 0 atom stereocenters. The molecule has 0 aliphatic carbocycles. The number of hydrogen-bond acceptors (Lipinski definition) is 4. The van der Waals surface area contributed by atoms with E-state index in [1.54, 1.807) is 0 Å². The average Bonchev–Trinajstić information content (AvgIpc) is 3.22. The van der Waals surface area contributed by atoms with Crippen molar-refractivity contribution in [1.29, 1.82) is 0 Å². The molecule has 0 saturated heterocycles. The van der Waals surface area contributed by atoms with Crippen molar-refractivity contribution in [1.82, 2.24) is 24.9 Å². The maximum atomic E-state index is 5.59. The summed E-state index contributed by atoms with van der Waals surface area (Å²) in [6, 6.07) is 10.1. The number of benzene rings is 1. The topological polar surface area (TPSA) is 56.9 Å². The van der Waals surface area contributed by atoms with Gasteiger partial charge in [0.05, 0.1) is 24.2 Å². The van der Waals surface area contributed by atoms with E-state index in [0.29, 0.717) is 6.54 Å². The first-order chi connectivity index (χ1) is 11.8. The van der Waals surface area contributed by atoms with Gasteiger partial charge in [-0.2, -0.15) is 10.2 Å². The Hall–Kier alpha value is -2.12. The van der Waals surface area contributed by atoms with Crippen LogP contribution in [0.25, 0.3) is 5.69 Å². The maximum Gasteiger partial charge on any atom is 0.212 e. The van der Waals surface area contributed by atoms with Gasteiger partial charge >= 0.3 is 0 Å². The number of aryl methyl sites for hydroxylation is 1. The molecule has 0 bridgehead atoms. The molecule has 1 N–H and O–H groups in total. The van der Waals surface area contributed by atoms with Crippen molar-refractivity contribution in [2.75, 3.05) is 6.61 Å². The number of hydrogen-bond donors (Lipinski definition) is 1. The molecule has 4 rings (SSSR count). The molecule has 0 saturated carbocycles. The Kier molecular flexibility index (Phi) is 4.36. The predicted octanol–water partition coefficient (Wildman–Crippen LogP) is 2.90. The lowest BCUT2D eigenvalue weighted by Gasteiger charge is -2.13. The van der Waals surface area contributed by atoms with Crippen LogP contribution >= 0.6 is 15.9 Å². The molecule has 0 amide bonds. The lowest BCUT2D eigenvalue weighted by molar-refractivity contribution is 0.230. The fraction of sp³-hybridized carbons (Fsp3) is 0.294. The number of rotatable bonds is 5. The SMILES string of the molecule is Brc1ccc(-n2cc(CNCc3cc4n(n3)CCCO4)cn2)cc1. The lowest BCUT2D eigenvalue weighted by atomic mass is 10.3. The van der Waals surface area contributed by atoms with Gasteiger partial charge in [-0.15, -0.1) is 0 Å². The third-order valence-electron chi connectivity index (χ3n) is 3.92. The summed E-state index contributed by atoms with van der Waals surface area (Å²) < 4.78 is 10.5. The van der Waals surface area contributed by atoms with Crippen LogP contribution in [0.3, 0.4) is 0 Å². The van der Waals surface area contributed by atoms with Gasteiger partial charge in [0, 0.05) is 48.4 Å². The van der Waals surface area contributed by atoms with Gasteiger partial charge in [0.15, 0.2) is 0 Å². The van der Waals surface area contributed by atoms with Crippen LogP contribution in [0.4, 0.5) is 0 Å². The van der Waals surface area contributed by atoms with E-state index in [0.717, 1.165) is 53.4 Å². The molecule has 1 aliphatic rings. The van der Waals surface area contributed by atoms with Crippen molar-refractivity contribution in [2.45, 2.75) is 26.1 Å². The minimum Gasteiger partial charge on any atom is -0.478 e. The van der Waals surface area contributed by atoms with Crippen molar-refractivity contribution >= 4 is 15.9 Å². The Morgan fingerprint density at radius 3 is 2.92 bits per heavy atom. The molecule has 124 valence electrons. The van der Waals surface area contributed by atoms with E-state index in [4.69, 9.17) is 4.74 Å². The van der Waals surface area contributed by atoms with Gasteiger partial charge in [-0.25, -0.2) is 9.36 Å². The number of fused-ring (bicyclic) bond motifs is 1. The highest BCUT2D eigenvalue weighted by Gasteiger charge is 2.12. The fourth-order valence-electron chi connectivity index (χ4n) is 2.73. The van der Waals surface area contributed by atoms with Crippen molar-refractivity contribution in [3.05, 3.63) is 58.5 Å². The largest absolute Gasteiger partial charge is 0.478 e. The molecule has 0 unspecified atom stereocenters. The summed E-state index contributed by atoms with van der Waals surface area (Å²) in [5.41, 5.74) is 3.19. The van der Waals surface area contributed by atoms with Crippen LogP contribution in [0.15, 0.2) is 47.2 Å². The molecule has 0 fully saturated rings. The van der Waals surface area contributed by atoms with Crippen molar-refractivity contribution in [3.63, 3.8) is 0 Å². The zero-order valence-corrected chi connectivity index (χ0v) is 14.7. The highest BCUT2D eigenvalue weighted by Crippen LogP contribution is 2.18. The quantitative estimate of drug-likeness (QED) is 0.731. The molecule has 6 nitrogen and oxygen atoms in total. The van der Waals surface area contributed by atoms with Gasteiger partial charge in [-0.1, -0.05) is 15.9 Å². The number of nitrogens with zero attached hydrogens (tertiary/aromatic N) is 4. The molecule has 1 aromatic carbocycles. The minimum atomic E-state index is 0.715. The normalized spacial score (nSPS) is 13.5. The van der Waals surface area contributed by atoms with Crippen molar-refractivity contribution < 1.29 is 4.74 Å². The molecular formula is C17H18BrN5O. The summed E-state index contributed by atoms with van der Waals surface area (Å²) in [6.45, 7) is 3.19. The third-order valence-corrected chi connectivity index (χ3v) is 4.45. The lowest BCUT2D eigenvalue weighted by Crippen LogP contribution is -2.15. The van der Waals surface area contributed by atoms with Crippen LogP contribution in [0.2, 0.25) is 0 Å². The van der Waals surface area contributed by atoms with E-state index in [1.165, 1.54) is 0 Å². The van der Waals surface area contributed by atoms with E-state index in [1.807, 2.05) is 52.1 Å². The molecule has 7 heteroatoms. The molecule has 2 aromatic heterocycles. The Balaban J connectivity index is 1.35. The molecule has 3 heterocycles. The molecule has 0 spiro atoms. The zero-order chi connectivity index (χ0) is 16.4. The highest BCUT2D eigenvalue weighted by molar-refractivity contribution is 9.10. The third kappa shape index (κ3) is 3.37. The van der Waals surface area contributed by atoms with Crippen LogP contribution in [0, 0.1) is 0 Å². The first-order valence-electron chi connectivity index (χ1n) is 7.98. The van der Waals surface area contributed by atoms with Crippen molar-refractivity contribution in [2.24, 2.45) is 0 Å². The first kappa shape index (κ1) is 15.4. The van der Waals surface area contributed by atoms with Crippen LogP contribution in [0.1, 0.15) is 17.7 Å². The number of halogens is 1. The van der Waals surface area contributed by atoms with E-state index < -0.39 is 0 Å². The van der Waals surface area contributed by atoms with E-state index in [2.05, 4.69) is 31.4 Å². The molecular weight excluding hydrogens is 370 g/mol. The van der Waals surface area contributed by atoms with Gasteiger partial charge in [-0.3, -0.25) is 0 Å². The first-order valence-corrected chi connectivity index (χ1v) is 8.77.